The maximum absolute atomic E-state index is 10.8. The number of benzene rings is 1. The molecule has 3 N–H and O–H groups in total. The molecule has 0 saturated heterocycles. The number of aliphatic hydroxyl groups excluding tert-OH is 3. The Kier molecular flexibility index (Phi) is 6.30. The maximum atomic E-state index is 10.8. The Morgan fingerprint density at radius 1 is 1.42 bits per heavy atom. The monoisotopic (exact) mass is 286 g/mol. The molecule has 0 fully saturated rings. The molecule has 2 unspecified atom stereocenters. The topological polar surface area (TPSA) is 87.0 Å². The van der Waals surface area contributed by atoms with E-state index in [4.69, 9.17) is 9.84 Å². The van der Waals surface area contributed by atoms with Gasteiger partial charge in [-0.05, 0) is 17.7 Å². The van der Waals surface area contributed by atoms with E-state index in [0.29, 0.717) is 16.9 Å². The second-order valence-electron chi connectivity index (χ2n) is 4.05. The van der Waals surface area contributed by atoms with E-state index in [1.54, 1.807) is 18.2 Å². The van der Waals surface area contributed by atoms with E-state index in [1.807, 2.05) is 0 Å². The molecule has 0 heterocycles. The molecule has 2 atom stereocenters. The second kappa shape index (κ2) is 7.49. The SMILES string of the molecule is COc1ccc(CO)cc1C(O)C(O)CSC(C)=O. The van der Waals surface area contributed by atoms with Gasteiger partial charge in [0, 0.05) is 18.2 Å². The van der Waals surface area contributed by atoms with Crippen LogP contribution >= 0.6 is 11.8 Å². The van der Waals surface area contributed by atoms with E-state index in [2.05, 4.69) is 0 Å². The van der Waals surface area contributed by atoms with Crippen LogP contribution in [0.25, 0.3) is 0 Å². The van der Waals surface area contributed by atoms with Gasteiger partial charge >= 0.3 is 0 Å². The fraction of sp³-hybridized carbons (Fsp3) is 0.462. The van der Waals surface area contributed by atoms with Crippen LogP contribution in [0.5, 0.6) is 5.75 Å². The molecule has 5 nitrogen and oxygen atoms in total. The minimum absolute atomic E-state index is 0.100. The number of carbonyl (C=O) groups is 1. The lowest BCUT2D eigenvalue weighted by Crippen LogP contribution is -2.22. The molecule has 1 aromatic rings. The molecule has 6 heteroatoms. The summed E-state index contributed by atoms with van der Waals surface area (Å²) in [6.07, 6.45) is -2.26. The number of thioether (sulfide) groups is 1. The standard InChI is InChI=1S/C13H18O5S/c1-8(15)19-7-11(16)13(17)10-5-9(6-14)3-4-12(10)18-2/h3-5,11,13-14,16-17H,6-7H2,1-2H3. The fourth-order valence-corrected chi connectivity index (χ4v) is 2.20. The first-order valence-corrected chi connectivity index (χ1v) is 6.75. The number of hydrogen-bond acceptors (Lipinski definition) is 6. The average Bonchev–Trinajstić information content (AvgIpc) is 2.42. The highest BCUT2D eigenvalue weighted by Crippen LogP contribution is 2.29. The highest BCUT2D eigenvalue weighted by atomic mass is 32.2. The van der Waals surface area contributed by atoms with Gasteiger partial charge < -0.3 is 20.1 Å². The van der Waals surface area contributed by atoms with E-state index >= 15 is 0 Å². The molecule has 0 aromatic heterocycles. The van der Waals surface area contributed by atoms with Crippen molar-refractivity contribution in [2.75, 3.05) is 12.9 Å². The lowest BCUT2D eigenvalue weighted by Gasteiger charge is -2.20. The van der Waals surface area contributed by atoms with Crippen molar-refractivity contribution >= 4 is 16.9 Å². The molecule has 1 aromatic carbocycles. The number of aliphatic hydroxyl groups is 3. The molecule has 19 heavy (non-hydrogen) atoms. The van der Waals surface area contributed by atoms with Crippen LogP contribution in [0.2, 0.25) is 0 Å². The molecular weight excluding hydrogens is 268 g/mol. The zero-order valence-corrected chi connectivity index (χ0v) is 11.7. The zero-order valence-electron chi connectivity index (χ0n) is 10.9. The summed E-state index contributed by atoms with van der Waals surface area (Å²) in [5, 5.41) is 28.9. The number of hydrogen-bond donors (Lipinski definition) is 3. The van der Waals surface area contributed by atoms with Crippen molar-refractivity contribution in [1.82, 2.24) is 0 Å². The van der Waals surface area contributed by atoms with Crippen LogP contribution in [-0.4, -0.2) is 39.4 Å². The zero-order chi connectivity index (χ0) is 14.4. The lowest BCUT2D eigenvalue weighted by atomic mass is 10.0. The van der Waals surface area contributed by atoms with Crippen molar-refractivity contribution in [3.63, 3.8) is 0 Å². The number of carbonyl (C=O) groups excluding carboxylic acids is 1. The lowest BCUT2D eigenvalue weighted by molar-refractivity contribution is -0.109. The van der Waals surface area contributed by atoms with Crippen molar-refractivity contribution < 1.29 is 24.9 Å². The summed E-state index contributed by atoms with van der Waals surface area (Å²) in [5.74, 6) is 0.528. The predicted octanol–water partition coefficient (Wildman–Crippen LogP) is 0.861. The smallest absolute Gasteiger partial charge is 0.185 e. The predicted molar refractivity (Wildman–Crippen MR) is 73.0 cm³/mol. The highest BCUT2D eigenvalue weighted by Gasteiger charge is 2.22. The van der Waals surface area contributed by atoms with Crippen LogP contribution in [0, 0.1) is 0 Å². The van der Waals surface area contributed by atoms with Gasteiger partial charge in [0.05, 0.1) is 19.8 Å². The van der Waals surface area contributed by atoms with Crippen LogP contribution < -0.4 is 4.74 Å². The van der Waals surface area contributed by atoms with Crippen LogP contribution in [0.15, 0.2) is 18.2 Å². The first-order valence-electron chi connectivity index (χ1n) is 5.76. The summed E-state index contributed by atoms with van der Waals surface area (Å²) < 4.78 is 5.12. The number of rotatable bonds is 6. The maximum Gasteiger partial charge on any atom is 0.185 e. The van der Waals surface area contributed by atoms with Gasteiger partial charge in [0.15, 0.2) is 5.12 Å². The summed E-state index contributed by atoms with van der Waals surface area (Å²) in [7, 11) is 1.46. The number of methoxy groups -OCH3 is 1. The van der Waals surface area contributed by atoms with E-state index in [1.165, 1.54) is 14.0 Å². The van der Waals surface area contributed by atoms with Gasteiger partial charge in [-0.15, -0.1) is 0 Å². The van der Waals surface area contributed by atoms with Crippen molar-refractivity contribution in [1.29, 1.82) is 0 Å². The Balaban J connectivity index is 2.89. The molecule has 0 aliphatic heterocycles. The minimum Gasteiger partial charge on any atom is -0.496 e. The summed E-state index contributed by atoms with van der Waals surface area (Å²) >= 11 is 0.947. The molecule has 0 aliphatic rings. The molecule has 106 valence electrons. The summed E-state index contributed by atoms with van der Waals surface area (Å²) in [5.41, 5.74) is 1.01. The fourth-order valence-electron chi connectivity index (χ4n) is 1.61. The first kappa shape index (κ1) is 16.0. The van der Waals surface area contributed by atoms with Gasteiger partial charge in [0.25, 0.3) is 0 Å². The van der Waals surface area contributed by atoms with E-state index in [0.717, 1.165) is 11.8 Å². The minimum atomic E-state index is -1.17. The average molecular weight is 286 g/mol. The Bertz CT molecular complexity index is 435. The van der Waals surface area contributed by atoms with Crippen molar-refractivity contribution in [2.45, 2.75) is 25.7 Å². The molecular formula is C13H18O5S. The van der Waals surface area contributed by atoms with Gasteiger partial charge in [-0.2, -0.15) is 0 Å². The van der Waals surface area contributed by atoms with Gasteiger partial charge in [0.2, 0.25) is 0 Å². The van der Waals surface area contributed by atoms with Crippen LogP contribution in [0.1, 0.15) is 24.2 Å². The van der Waals surface area contributed by atoms with E-state index in [9.17, 15) is 15.0 Å². The third kappa shape index (κ3) is 4.50. The number of ether oxygens (including phenoxy) is 1. The molecule has 0 radical (unpaired) electrons. The highest BCUT2D eigenvalue weighted by molar-refractivity contribution is 8.13. The molecule has 0 amide bonds. The quantitative estimate of drug-likeness (QED) is 0.719. The summed E-state index contributed by atoms with van der Waals surface area (Å²) in [6.45, 7) is 1.23. The van der Waals surface area contributed by atoms with Crippen molar-refractivity contribution in [3.8, 4) is 5.75 Å². The van der Waals surface area contributed by atoms with Gasteiger partial charge in [-0.1, -0.05) is 17.8 Å². The van der Waals surface area contributed by atoms with Crippen LogP contribution in [-0.2, 0) is 11.4 Å². The van der Waals surface area contributed by atoms with Crippen LogP contribution in [0.3, 0.4) is 0 Å². The molecule has 1 rings (SSSR count). The van der Waals surface area contributed by atoms with E-state index in [-0.39, 0.29) is 17.5 Å². The van der Waals surface area contributed by atoms with Crippen molar-refractivity contribution in [2.24, 2.45) is 0 Å². The van der Waals surface area contributed by atoms with Gasteiger partial charge in [-0.3, -0.25) is 4.79 Å². The third-order valence-corrected chi connectivity index (χ3v) is 3.53. The third-order valence-electron chi connectivity index (χ3n) is 2.62. The Morgan fingerprint density at radius 3 is 2.63 bits per heavy atom. The van der Waals surface area contributed by atoms with E-state index < -0.39 is 12.2 Å². The summed E-state index contributed by atoms with van der Waals surface area (Å²) in [6, 6.07) is 4.87. The second-order valence-corrected chi connectivity index (χ2v) is 5.25. The molecule has 0 spiro atoms. The Morgan fingerprint density at radius 2 is 2.11 bits per heavy atom. The molecule has 0 bridgehead atoms. The van der Waals surface area contributed by atoms with Gasteiger partial charge in [0.1, 0.15) is 11.9 Å². The molecule has 0 aliphatic carbocycles. The van der Waals surface area contributed by atoms with Crippen molar-refractivity contribution in [3.05, 3.63) is 29.3 Å². The normalized spacial score (nSPS) is 13.9. The largest absolute Gasteiger partial charge is 0.496 e. The first-order chi connectivity index (χ1) is 8.99. The molecule has 0 saturated carbocycles. The van der Waals surface area contributed by atoms with Crippen LogP contribution in [0.4, 0.5) is 0 Å². The Labute approximate surface area is 116 Å². The Hall–Kier alpha value is -1.08. The van der Waals surface area contributed by atoms with Gasteiger partial charge in [-0.25, -0.2) is 0 Å². The summed E-state index contributed by atoms with van der Waals surface area (Å²) in [4.78, 5) is 10.8.